The topological polar surface area (TPSA) is 77.7 Å². The summed E-state index contributed by atoms with van der Waals surface area (Å²) >= 11 is 1.16. The number of thioether (sulfide) groups is 1. The molecule has 0 aliphatic carbocycles. The minimum Gasteiger partial charge on any atom is -0.411 e. The van der Waals surface area contributed by atoms with Crippen molar-refractivity contribution in [2.45, 2.75) is 5.22 Å². The van der Waals surface area contributed by atoms with Crippen molar-refractivity contribution in [1.29, 1.82) is 0 Å². The molecule has 0 aliphatic heterocycles. The van der Waals surface area contributed by atoms with E-state index in [1.54, 1.807) is 31.3 Å². The number of halogens is 1. The summed E-state index contributed by atoms with van der Waals surface area (Å²) in [5.41, 5.74) is 0.619. The van der Waals surface area contributed by atoms with Gasteiger partial charge in [0.15, 0.2) is 0 Å². The molecule has 0 saturated carbocycles. The Morgan fingerprint density at radius 1 is 1.16 bits per heavy atom. The first-order chi connectivity index (χ1) is 12.1. The van der Waals surface area contributed by atoms with Crippen LogP contribution in [0.25, 0.3) is 11.5 Å². The van der Waals surface area contributed by atoms with Crippen molar-refractivity contribution < 1.29 is 23.1 Å². The first kappa shape index (κ1) is 19.4. The number of benzene rings is 1. The van der Waals surface area contributed by atoms with E-state index < -0.39 is 0 Å². The zero-order chi connectivity index (χ0) is 18.1. The minimum absolute atomic E-state index is 0.0689. The summed E-state index contributed by atoms with van der Waals surface area (Å²) in [6.07, 6.45) is 0. The third-order valence-electron chi connectivity index (χ3n) is 3.30. The zero-order valence-corrected chi connectivity index (χ0v) is 14.9. The van der Waals surface area contributed by atoms with Crippen molar-refractivity contribution in [3.8, 4) is 11.5 Å². The van der Waals surface area contributed by atoms with E-state index >= 15 is 0 Å². The lowest BCUT2D eigenvalue weighted by molar-refractivity contribution is -0.129. The highest BCUT2D eigenvalue weighted by Crippen LogP contribution is 2.23. The van der Waals surface area contributed by atoms with E-state index in [0.717, 1.165) is 11.8 Å². The smallest absolute Gasteiger partial charge is 0.277 e. The molecule has 1 heterocycles. The van der Waals surface area contributed by atoms with Gasteiger partial charge in [0.2, 0.25) is 11.8 Å². The summed E-state index contributed by atoms with van der Waals surface area (Å²) in [5, 5.41) is 8.10. The summed E-state index contributed by atoms with van der Waals surface area (Å²) in [7, 11) is 3.17. The van der Waals surface area contributed by atoms with Gasteiger partial charge in [-0.05, 0) is 24.3 Å². The molecule has 0 fully saturated rings. The molecule has 136 valence electrons. The average molecular weight is 369 g/mol. The Kier molecular flexibility index (Phi) is 7.83. The van der Waals surface area contributed by atoms with Crippen LogP contribution in [0.5, 0.6) is 0 Å². The molecular formula is C16H20FN3O4S. The lowest BCUT2D eigenvalue weighted by Crippen LogP contribution is -2.37. The van der Waals surface area contributed by atoms with Gasteiger partial charge >= 0.3 is 0 Å². The van der Waals surface area contributed by atoms with Gasteiger partial charge in [0.25, 0.3) is 5.22 Å². The molecule has 0 radical (unpaired) electrons. The Bertz CT molecular complexity index is 658. The molecule has 0 N–H and O–H groups in total. The number of methoxy groups -OCH3 is 2. The average Bonchev–Trinajstić information content (AvgIpc) is 3.09. The predicted octanol–water partition coefficient (Wildman–Crippen LogP) is 2.09. The number of ether oxygens (including phenoxy) is 2. The molecule has 2 aromatic rings. The molecule has 0 atom stereocenters. The maximum atomic E-state index is 12.9. The molecule has 0 saturated heterocycles. The van der Waals surface area contributed by atoms with Gasteiger partial charge in [-0.15, -0.1) is 10.2 Å². The van der Waals surface area contributed by atoms with Crippen LogP contribution in [-0.4, -0.2) is 67.3 Å². The summed E-state index contributed by atoms with van der Waals surface area (Å²) in [6, 6.07) is 5.75. The fraction of sp³-hybridized carbons (Fsp3) is 0.438. The van der Waals surface area contributed by atoms with Gasteiger partial charge in [0.05, 0.1) is 19.0 Å². The Morgan fingerprint density at radius 2 is 1.80 bits per heavy atom. The highest BCUT2D eigenvalue weighted by molar-refractivity contribution is 7.99. The lowest BCUT2D eigenvalue weighted by Gasteiger charge is -2.21. The molecule has 0 spiro atoms. The van der Waals surface area contributed by atoms with Gasteiger partial charge in [-0.3, -0.25) is 4.79 Å². The molecule has 7 nitrogen and oxygen atoms in total. The van der Waals surface area contributed by atoms with Crippen LogP contribution >= 0.6 is 11.8 Å². The summed E-state index contributed by atoms with van der Waals surface area (Å²) in [6.45, 7) is 1.89. The van der Waals surface area contributed by atoms with Crippen molar-refractivity contribution in [2.24, 2.45) is 0 Å². The normalized spacial score (nSPS) is 10.8. The summed E-state index contributed by atoms with van der Waals surface area (Å²) in [4.78, 5) is 14.0. The van der Waals surface area contributed by atoms with Crippen molar-refractivity contribution in [2.75, 3.05) is 46.3 Å². The van der Waals surface area contributed by atoms with E-state index in [2.05, 4.69) is 10.2 Å². The van der Waals surface area contributed by atoms with Crippen molar-refractivity contribution in [3.63, 3.8) is 0 Å². The van der Waals surface area contributed by atoms with E-state index in [1.807, 2.05) is 0 Å². The highest BCUT2D eigenvalue weighted by atomic mass is 32.2. The number of carbonyl (C=O) groups is 1. The predicted molar refractivity (Wildman–Crippen MR) is 90.7 cm³/mol. The minimum atomic E-state index is -0.337. The molecule has 1 aromatic carbocycles. The van der Waals surface area contributed by atoms with Crippen LogP contribution in [0, 0.1) is 5.82 Å². The molecule has 1 aromatic heterocycles. The van der Waals surface area contributed by atoms with E-state index in [4.69, 9.17) is 13.9 Å². The second kappa shape index (κ2) is 10.1. The van der Waals surface area contributed by atoms with Crippen LogP contribution in [0.15, 0.2) is 33.9 Å². The Balaban J connectivity index is 1.91. The molecule has 2 rings (SSSR count). The number of aromatic nitrogens is 2. The Labute approximate surface area is 149 Å². The first-order valence-electron chi connectivity index (χ1n) is 7.62. The van der Waals surface area contributed by atoms with Crippen molar-refractivity contribution in [1.82, 2.24) is 15.1 Å². The molecule has 1 amide bonds. The fourth-order valence-corrected chi connectivity index (χ4v) is 2.62. The van der Waals surface area contributed by atoms with E-state index in [0.29, 0.717) is 31.9 Å². The van der Waals surface area contributed by atoms with Crippen molar-refractivity contribution >= 4 is 17.7 Å². The van der Waals surface area contributed by atoms with Crippen LogP contribution in [-0.2, 0) is 14.3 Å². The SMILES string of the molecule is COCCN(CCOC)C(=O)CSc1nnc(-c2ccc(F)cc2)o1. The van der Waals surface area contributed by atoms with Gasteiger partial charge in [-0.2, -0.15) is 0 Å². The number of nitrogens with zero attached hydrogens (tertiary/aromatic N) is 3. The van der Waals surface area contributed by atoms with Gasteiger partial charge in [0, 0.05) is 32.9 Å². The third kappa shape index (κ3) is 6.11. The maximum absolute atomic E-state index is 12.9. The Morgan fingerprint density at radius 3 is 2.40 bits per heavy atom. The molecule has 0 bridgehead atoms. The zero-order valence-electron chi connectivity index (χ0n) is 14.1. The van der Waals surface area contributed by atoms with Crippen LogP contribution in [0.2, 0.25) is 0 Å². The standard InChI is InChI=1S/C16H20FN3O4S/c1-22-9-7-20(8-10-23-2)14(21)11-25-16-19-18-15(24-16)12-3-5-13(17)6-4-12/h3-6H,7-11H2,1-2H3. The summed E-state index contributed by atoms with van der Waals surface area (Å²) in [5.74, 6) is 0.0419. The molecule has 0 aliphatic rings. The van der Waals surface area contributed by atoms with Crippen LogP contribution in [0.4, 0.5) is 4.39 Å². The highest BCUT2D eigenvalue weighted by Gasteiger charge is 2.16. The second-order valence-electron chi connectivity index (χ2n) is 5.04. The second-order valence-corrected chi connectivity index (χ2v) is 5.96. The third-order valence-corrected chi connectivity index (χ3v) is 4.10. The van der Waals surface area contributed by atoms with Gasteiger partial charge in [-0.25, -0.2) is 4.39 Å². The summed E-state index contributed by atoms with van der Waals surface area (Å²) < 4.78 is 28.5. The van der Waals surface area contributed by atoms with Crippen LogP contribution < -0.4 is 0 Å². The molecule has 0 unspecified atom stereocenters. The monoisotopic (exact) mass is 369 g/mol. The lowest BCUT2D eigenvalue weighted by atomic mass is 10.2. The molecule has 25 heavy (non-hydrogen) atoms. The maximum Gasteiger partial charge on any atom is 0.277 e. The van der Waals surface area contributed by atoms with Gasteiger partial charge in [-0.1, -0.05) is 11.8 Å². The van der Waals surface area contributed by atoms with Crippen LogP contribution in [0.3, 0.4) is 0 Å². The van der Waals surface area contributed by atoms with E-state index in [-0.39, 0.29) is 28.6 Å². The Hall–Kier alpha value is -1.97. The van der Waals surface area contributed by atoms with Crippen molar-refractivity contribution in [3.05, 3.63) is 30.1 Å². The quantitative estimate of drug-likeness (QED) is 0.594. The van der Waals surface area contributed by atoms with E-state index in [1.165, 1.54) is 12.1 Å². The van der Waals surface area contributed by atoms with E-state index in [9.17, 15) is 9.18 Å². The van der Waals surface area contributed by atoms with Gasteiger partial charge < -0.3 is 18.8 Å². The number of hydrogen-bond donors (Lipinski definition) is 0. The number of hydrogen-bond acceptors (Lipinski definition) is 7. The van der Waals surface area contributed by atoms with Crippen LogP contribution in [0.1, 0.15) is 0 Å². The molecular weight excluding hydrogens is 349 g/mol. The molecule has 9 heteroatoms. The fourth-order valence-electron chi connectivity index (χ4n) is 1.96. The number of rotatable bonds is 10. The first-order valence-corrected chi connectivity index (χ1v) is 8.60. The number of amides is 1. The van der Waals surface area contributed by atoms with Gasteiger partial charge in [0.1, 0.15) is 5.82 Å². The number of carbonyl (C=O) groups excluding carboxylic acids is 1. The largest absolute Gasteiger partial charge is 0.411 e.